The summed E-state index contributed by atoms with van der Waals surface area (Å²) in [5.41, 5.74) is 1.22. The number of carbonyl (C=O) groups is 1. The highest BCUT2D eigenvalue weighted by Gasteiger charge is 2.10. The minimum Gasteiger partial charge on any atom is -0.507 e. The molecule has 0 aliphatic heterocycles. The Morgan fingerprint density at radius 1 is 1.47 bits per heavy atom. The lowest BCUT2D eigenvalue weighted by Crippen LogP contribution is -2.26. The van der Waals surface area contributed by atoms with Crippen LogP contribution in [0.1, 0.15) is 21.7 Å². The number of phenols is 1. The number of benzene rings is 1. The SMILES string of the molecule is Cc1ccc(C(=O)NCCc2nccn2C)c(O)c1. The molecule has 1 aromatic heterocycles. The Kier molecular flexibility index (Phi) is 3.85. The van der Waals surface area contributed by atoms with Crippen LogP contribution in [0.2, 0.25) is 0 Å². The number of imidazole rings is 1. The van der Waals surface area contributed by atoms with Gasteiger partial charge in [-0.1, -0.05) is 6.07 Å². The molecule has 2 rings (SSSR count). The first-order chi connectivity index (χ1) is 9.08. The van der Waals surface area contributed by atoms with Gasteiger partial charge >= 0.3 is 0 Å². The van der Waals surface area contributed by atoms with Crippen LogP contribution in [-0.4, -0.2) is 27.1 Å². The van der Waals surface area contributed by atoms with Crippen molar-refractivity contribution < 1.29 is 9.90 Å². The summed E-state index contributed by atoms with van der Waals surface area (Å²) < 4.78 is 1.91. The van der Waals surface area contributed by atoms with Crippen molar-refractivity contribution >= 4 is 5.91 Å². The van der Waals surface area contributed by atoms with Gasteiger partial charge < -0.3 is 15.0 Å². The van der Waals surface area contributed by atoms with Crippen LogP contribution >= 0.6 is 0 Å². The molecule has 1 amide bonds. The molecule has 2 N–H and O–H groups in total. The Hall–Kier alpha value is -2.30. The molecule has 0 spiro atoms. The highest BCUT2D eigenvalue weighted by atomic mass is 16.3. The Balaban J connectivity index is 1.93. The van der Waals surface area contributed by atoms with E-state index in [1.165, 1.54) is 0 Å². The van der Waals surface area contributed by atoms with E-state index < -0.39 is 0 Å². The number of carbonyl (C=O) groups excluding carboxylic acids is 1. The fourth-order valence-electron chi connectivity index (χ4n) is 1.85. The second-order valence-electron chi connectivity index (χ2n) is 4.48. The molecule has 1 aromatic carbocycles. The molecule has 0 fully saturated rings. The number of hydrogen-bond donors (Lipinski definition) is 2. The molecule has 0 saturated carbocycles. The molecule has 2 aromatic rings. The molecule has 1 heterocycles. The minimum atomic E-state index is -0.272. The molecule has 0 bridgehead atoms. The van der Waals surface area contributed by atoms with E-state index >= 15 is 0 Å². The highest BCUT2D eigenvalue weighted by molar-refractivity contribution is 5.96. The van der Waals surface area contributed by atoms with Gasteiger partial charge in [0, 0.05) is 32.4 Å². The molecular formula is C14H17N3O2. The summed E-state index contributed by atoms with van der Waals surface area (Å²) in [4.78, 5) is 16.1. The predicted octanol–water partition coefficient (Wildman–Crippen LogP) is 1.41. The minimum absolute atomic E-state index is 0.00879. The van der Waals surface area contributed by atoms with E-state index in [1.807, 2.05) is 24.7 Å². The summed E-state index contributed by atoms with van der Waals surface area (Å²) in [6.45, 7) is 2.35. The number of phenolic OH excluding ortho intramolecular Hbond substituents is 1. The number of aryl methyl sites for hydroxylation is 2. The third-order valence-corrected chi connectivity index (χ3v) is 2.95. The maximum absolute atomic E-state index is 11.9. The topological polar surface area (TPSA) is 67.2 Å². The number of amides is 1. The van der Waals surface area contributed by atoms with Gasteiger partial charge in [0.1, 0.15) is 11.6 Å². The number of hydrogen-bond acceptors (Lipinski definition) is 3. The van der Waals surface area contributed by atoms with Gasteiger partial charge in [0.25, 0.3) is 5.91 Å². The molecule has 0 unspecified atom stereocenters. The van der Waals surface area contributed by atoms with E-state index in [1.54, 1.807) is 24.4 Å². The van der Waals surface area contributed by atoms with Crippen LogP contribution in [0.4, 0.5) is 0 Å². The van der Waals surface area contributed by atoms with E-state index in [2.05, 4.69) is 10.3 Å². The number of rotatable bonds is 4. The fraction of sp³-hybridized carbons (Fsp3) is 0.286. The van der Waals surface area contributed by atoms with Crippen LogP contribution in [0.5, 0.6) is 5.75 Å². The second kappa shape index (κ2) is 5.56. The van der Waals surface area contributed by atoms with Crippen LogP contribution in [0.15, 0.2) is 30.6 Å². The standard InChI is InChI=1S/C14H17N3O2/c1-10-3-4-11(12(18)9-10)14(19)16-6-5-13-15-7-8-17(13)2/h3-4,7-9,18H,5-6H2,1-2H3,(H,16,19). The van der Waals surface area contributed by atoms with Crippen molar-refractivity contribution in [1.82, 2.24) is 14.9 Å². The van der Waals surface area contributed by atoms with Crippen LogP contribution in [-0.2, 0) is 13.5 Å². The van der Waals surface area contributed by atoms with Crippen molar-refractivity contribution in [2.45, 2.75) is 13.3 Å². The highest BCUT2D eigenvalue weighted by Crippen LogP contribution is 2.17. The Morgan fingerprint density at radius 3 is 2.89 bits per heavy atom. The molecule has 5 heteroatoms. The van der Waals surface area contributed by atoms with Crippen LogP contribution in [0.3, 0.4) is 0 Å². The first kappa shape index (κ1) is 13.1. The van der Waals surface area contributed by atoms with Crippen LogP contribution in [0, 0.1) is 6.92 Å². The van der Waals surface area contributed by atoms with Crippen molar-refractivity contribution in [1.29, 1.82) is 0 Å². The lowest BCUT2D eigenvalue weighted by atomic mass is 10.1. The maximum atomic E-state index is 11.9. The van der Waals surface area contributed by atoms with E-state index in [0.717, 1.165) is 11.4 Å². The molecule has 5 nitrogen and oxygen atoms in total. The van der Waals surface area contributed by atoms with Crippen molar-refractivity contribution in [3.8, 4) is 5.75 Å². The summed E-state index contributed by atoms with van der Waals surface area (Å²) in [5.74, 6) is 0.648. The third kappa shape index (κ3) is 3.13. The smallest absolute Gasteiger partial charge is 0.255 e. The molecule has 0 atom stereocenters. The van der Waals surface area contributed by atoms with Gasteiger partial charge in [-0.05, 0) is 24.6 Å². The molecule has 19 heavy (non-hydrogen) atoms. The quantitative estimate of drug-likeness (QED) is 0.872. The predicted molar refractivity (Wildman–Crippen MR) is 72.1 cm³/mol. The zero-order valence-corrected chi connectivity index (χ0v) is 11.1. The van der Waals surface area contributed by atoms with E-state index in [-0.39, 0.29) is 11.7 Å². The fourth-order valence-corrected chi connectivity index (χ4v) is 1.85. The zero-order valence-electron chi connectivity index (χ0n) is 11.1. The average Bonchev–Trinajstić information content (AvgIpc) is 2.75. The van der Waals surface area contributed by atoms with E-state index in [9.17, 15) is 9.90 Å². The van der Waals surface area contributed by atoms with Gasteiger partial charge in [0.15, 0.2) is 0 Å². The van der Waals surface area contributed by atoms with Gasteiger partial charge in [0.2, 0.25) is 0 Å². The third-order valence-electron chi connectivity index (χ3n) is 2.95. The Bertz CT molecular complexity index is 590. The largest absolute Gasteiger partial charge is 0.507 e. The number of aromatic nitrogens is 2. The van der Waals surface area contributed by atoms with Crippen molar-refractivity contribution in [2.75, 3.05) is 6.54 Å². The maximum Gasteiger partial charge on any atom is 0.255 e. The monoisotopic (exact) mass is 259 g/mol. The van der Waals surface area contributed by atoms with Gasteiger partial charge in [-0.15, -0.1) is 0 Å². The molecule has 0 saturated heterocycles. The van der Waals surface area contributed by atoms with E-state index in [0.29, 0.717) is 18.5 Å². The zero-order chi connectivity index (χ0) is 13.8. The lowest BCUT2D eigenvalue weighted by Gasteiger charge is -2.07. The van der Waals surface area contributed by atoms with Gasteiger partial charge in [-0.25, -0.2) is 4.98 Å². The second-order valence-corrected chi connectivity index (χ2v) is 4.48. The van der Waals surface area contributed by atoms with Crippen molar-refractivity contribution in [2.24, 2.45) is 7.05 Å². The summed E-state index contributed by atoms with van der Waals surface area (Å²) in [6, 6.07) is 5.00. The van der Waals surface area contributed by atoms with Gasteiger partial charge in [-0.3, -0.25) is 4.79 Å². The van der Waals surface area contributed by atoms with Gasteiger partial charge in [-0.2, -0.15) is 0 Å². The first-order valence-electron chi connectivity index (χ1n) is 6.12. The number of aromatic hydroxyl groups is 1. The summed E-state index contributed by atoms with van der Waals surface area (Å²) in [5, 5.41) is 12.5. The van der Waals surface area contributed by atoms with Crippen molar-refractivity contribution in [3.63, 3.8) is 0 Å². The average molecular weight is 259 g/mol. The first-order valence-corrected chi connectivity index (χ1v) is 6.12. The molecule has 0 aliphatic carbocycles. The summed E-state index contributed by atoms with van der Waals surface area (Å²) in [7, 11) is 1.91. The normalized spacial score (nSPS) is 10.4. The Labute approximate surface area is 111 Å². The number of nitrogens with zero attached hydrogens (tertiary/aromatic N) is 2. The molecule has 0 aliphatic rings. The van der Waals surface area contributed by atoms with Crippen LogP contribution in [0.25, 0.3) is 0 Å². The molecule has 100 valence electrons. The van der Waals surface area contributed by atoms with Crippen LogP contribution < -0.4 is 5.32 Å². The van der Waals surface area contributed by atoms with Crippen molar-refractivity contribution in [3.05, 3.63) is 47.5 Å². The molecule has 0 radical (unpaired) electrons. The summed E-state index contributed by atoms with van der Waals surface area (Å²) >= 11 is 0. The van der Waals surface area contributed by atoms with Gasteiger partial charge in [0.05, 0.1) is 5.56 Å². The van der Waals surface area contributed by atoms with E-state index in [4.69, 9.17) is 0 Å². The Morgan fingerprint density at radius 2 is 2.26 bits per heavy atom. The summed E-state index contributed by atoms with van der Waals surface area (Å²) in [6.07, 6.45) is 4.24. The lowest BCUT2D eigenvalue weighted by molar-refractivity contribution is 0.0951. The number of nitrogens with one attached hydrogen (secondary N) is 1. The molecular weight excluding hydrogens is 242 g/mol.